The Morgan fingerprint density at radius 2 is 1.82 bits per heavy atom. The van der Waals surface area contributed by atoms with E-state index in [9.17, 15) is 13.6 Å². The molecule has 1 saturated heterocycles. The van der Waals surface area contributed by atoms with Gasteiger partial charge in [0.25, 0.3) is 5.91 Å². The Balaban J connectivity index is 1.59. The minimum atomic E-state index is -0.717. The highest BCUT2D eigenvalue weighted by Gasteiger charge is 2.30. The first-order chi connectivity index (χ1) is 16.0. The predicted octanol–water partition coefficient (Wildman–Crippen LogP) is 5.58. The number of piperidine rings is 1. The average molecular weight is 471 g/mol. The van der Waals surface area contributed by atoms with E-state index in [0.717, 1.165) is 28.5 Å². The van der Waals surface area contributed by atoms with Gasteiger partial charge in [0.2, 0.25) is 0 Å². The van der Waals surface area contributed by atoms with Gasteiger partial charge in [0.05, 0.1) is 22.2 Å². The lowest BCUT2D eigenvalue weighted by molar-refractivity contribution is 0.0589. The molecule has 1 amide bonds. The lowest BCUT2D eigenvalue weighted by atomic mass is 10.0. The van der Waals surface area contributed by atoms with E-state index in [0.29, 0.717) is 31.5 Å². The number of carbonyl (C=O) groups is 1. The maximum absolute atomic E-state index is 14.0. The SMILES string of the molecule is Cc1nn(C(C)(C)C)c2nc(C(C)C)cc(C(=O)N3CCC(Oc4ccc(F)cc4F)CC3)c12. The molecular formula is C26H32F2N4O2. The van der Waals surface area contributed by atoms with Gasteiger partial charge < -0.3 is 9.64 Å². The molecule has 1 aliphatic rings. The van der Waals surface area contributed by atoms with Crippen LogP contribution in [-0.2, 0) is 5.54 Å². The number of aromatic nitrogens is 3. The average Bonchev–Trinajstić information content (AvgIpc) is 3.12. The fourth-order valence-electron chi connectivity index (χ4n) is 4.34. The summed E-state index contributed by atoms with van der Waals surface area (Å²) < 4.78 is 34.8. The van der Waals surface area contributed by atoms with Crippen molar-refractivity contribution >= 4 is 16.9 Å². The van der Waals surface area contributed by atoms with Gasteiger partial charge in [0, 0.05) is 37.7 Å². The van der Waals surface area contributed by atoms with Gasteiger partial charge in [-0.25, -0.2) is 18.4 Å². The molecule has 0 bridgehead atoms. The highest BCUT2D eigenvalue weighted by atomic mass is 19.1. The maximum Gasteiger partial charge on any atom is 0.254 e. The second-order valence-electron chi connectivity index (χ2n) is 10.3. The maximum atomic E-state index is 14.0. The van der Waals surface area contributed by atoms with Crippen molar-refractivity contribution in [3.63, 3.8) is 0 Å². The van der Waals surface area contributed by atoms with Gasteiger partial charge in [-0.1, -0.05) is 13.8 Å². The van der Waals surface area contributed by atoms with Crippen molar-refractivity contribution in [3.8, 4) is 5.75 Å². The van der Waals surface area contributed by atoms with Gasteiger partial charge in [-0.3, -0.25) is 4.79 Å². The predicted molar refractivity (Wildman–Crippen MR) is 127 cm³/mol. The van der Waals surface area contributed by atoms with Gasteiger partial charge in [0.1, 0.15) is 11.9 Å². The number of carbonyl (C=O) groups excluding carboxylic acids is 1. The lowest BCUT2D eigenvalue weighted by Crippen LogP contribution is -2.42. The summed E-state index contributed by atoms with van der Waals surface area (Å²) in [5.41, 5.74) is 2.70. The Bertz CT molecular complexity index is 1220. The normalized spacial score (nSPS) is 15.4. The molecule has 0 N–H and O–H groups in total. The molecule has 3 aromatic rings. The first kappa shape index (κ1) is 24.1. The van der Waals surface area contributed by atoms with Crippen molar-refractivity contribution in [1.29, 1.82) is 0 Å². The summed E-state index contributed by atoms with van der Waals surface area (Å²) in [6, 6.07) is 5.19. The van der Waals surface area contributed by atoms with Crippen LogP contribution in [0.4, 0.5) is 8.78 Å². The van der Waals surface area contributed by atoms with E-state index in [-0.39, 0.29) is 29.2 Å². The van der Waals surface area contributed by atoms with Crippen molar-refractivity contribution in [2.24, 2.45) is 0 Å². The summed E-state index contributed by atoms with van der Waals surface area (Å²) in [4.78, 5) is 20.4. The van der Waals surface area contributed by atoms with Crippen molar-refractivity contribution in [3.05, 3.63) is 52.9 Å². The van der Waals surface area contributed by atoms with Crippen LogP contribution < -0.4 is 4.74 Å². The molecule has 6 nitrogen and oxygen atoms in total. The standard InChI is InChI=1S/C26H32F2N4O2/c1-15(2)21-14-19(23-16(3)30-32(24(23)29-21)26(4,5)6)25(33)31-11-9-18(10-12-31)34-22-8-7-17(27)13-20(22)28/h7-8,13-15,18H,9-12H2,1-6H3. The van der Waals surface area contributed by atoms with Crippen LogP contribution >= 0.6 is 0 Å². The van der Waals surface area contributed by atoms with Gasteiger partial charge in [0.15, 0.2) is 17.2 Å². The minimum absolute atomic E-state index is 0.0359. The molecule has 0 saturated carbocycles. The summed E-state index contributed by atoms with van der Waals surface area (Å²) in [5, 5.41) is 5.51. The van der Waals surface area contributed by atoms with Crippen LogP contribution in [0.25, 0.3) is 11.0 Å². The summed E-state index contributed by atoms with van der Waals surface area (Å²) >= 11 is 0. The molecule has 8 heteroatoms. The monoisotopic (exact) mass is 470 g/mol. The fraction of sp³-hybridized carbons (Fsp3) is 0.500. The molecule has 0 atom stereocenters. The molecule has 1 aliphatic heterocycles. The van der Waals surface area contributed by atoms with Gasteiger partial charge in [-0.2, -0.15) is 5.10 Å². The number of fused-ring (bicyclic) bond motifs is 1. The number of likely N-dealkylation sites (tertiary alicyclic amines) is 1. The summed E-state index contributed by atoms with van der Waals surface area (Å²) in [5.74, 6) is -1.22. The van der Waals surface area contributed by atoms with E-state index in [1.54, 1.807) is 0 Å². The zero-order valence-corrected chi connectivity index (χ0v) is 20.7. The second kappa shape index (κ2) is 8.96. The second-order valence-corrected chi connectivity index (χ2v) is 10.3. The molecule has 0 unspecified atom stereocenters. The van der Waals surface area contributed by atoms with Crippen LogP contribution in [0.5, 0.6) is 5.75 Å². The van der Waals surface area contributed by atoms with Crippen LogP contribution in [0, 0.1) is 18.6 Å². The number of hydrogen-bond donors (Lipinski definition) is 0. The Kier molecular flexibility index (Phi) is 6.36. The number of amides is 1. The van der Waals surface area contributed by atoms with Crippen LogP contribution in [0.2, 0.25) is 0 Å². The van der Waals surface area contributed by atoms with Gasteiger partial charge >= 0.3 is 0 Å². The Labute approximate surface area is 198 Å². The number of rotatable bonds is 4. The number of nitrogens with zero attached hydrogens (tertiary/aromatic N) is 4. The third-order valence-electron chi connectivity index (χ3n) is 6.21. The van der Waals surface area contributed by atoms with Crippen molar-refractivity contribution in [2.45, 2.75) is 71.9 Å². The first-order valence-corrected chi connectivity index (χ1v) is 11.8. The van der Waals surface area contributed by atoms with Crippen molar-refractivity contribution in [1.82, 2.24) is 19.7 Å². The Hall–Kier alpha value is -3.03. The van der Waals surface area contributed by atoms with Crippen LogP contribution in [0.15, 0.2) is 24.3 Å². The van der Waals surface area contributed by atoms with E-state index in [2.05, 4.69) is 34.6 Å². The Morgan fingerprint density at radius 3 is 2.41 bits per heavy atom. The highest BCUT2D eigenvalue weighted by Crippen LogP contribution is 2.31. The molecule has 34 heavy (non-hydrogen) atoms. The third-order valence-corrected chi connectivity index (χ3v) is 6.21. The van der Waals surface area contributed by atoms with Crippen LogP contribution in [-0.4, -0.2) is 44.8 Å². The third kappa shape index (κ3) is 4.63. The van der Waals surface area contributed by atoms with Gasteiger partial charge in [-0.15, -0.1) is 0 Å². The Morgan fingerprint density at radius 1 is 1.15 bits per heavy atom. The van der Waals surface area contributed by atoms with E-state index in [1.807, 2.05) is 22.6 Å². The fourth-order valence-corrected chi connectivity index (χ4v) is 4.34. The van der Waals surface area contributed by atoms with Crippen LogP contribution in [0.3, 0.4) is 0 Å². The van der Waals surface area contributed by atoms with E-state index >= 15 is 0 Å². The molecule has 4 rings (SSSR count). The van der Waals surface area contributed by atoms with Crippen molar-refractivity contribution < 1.29 is 18.3 Å². The number of pyridine rings is 1. The van der Waals surface area contributed by atoms with Crippen molar-refractivity contribution in [2.75, 3.05) is 13.1 Å². The summed E-state index contributed by atoms with van der Waals surface area (Å²) in [7, 11) is 0. The first-order valence-electron chi connectivity index (χ1n) is 11.8. The molecule has 3 heterocycles. The molecule has 0 radical (unpaired) electrons. The number of benzene rings is 1. The zero-order chi connectivity index (χ0) is 24.8. The van der Waals surface area contributed by atoms with E-state index < -0.39 is 11.6 Å². The molecule has 0 aliphatic carbocycles. The number of ether oxygens (including phenoxy) is 1. The molecule has 2 aromatic heterocycles. The number of hydrogen-bond acceptors (Lipinski definition) is 4. The number of halogens is 2. The van der Waals surface area contributed by atoms with Gasteiger partial charge in [-0.05, 0) is 51.8 Å². The molecule has 182 valence electrons. The topological polar surface area (TPSA) is 60.2 Å². The van der Waals surface area contributed by atoms with Crippen LogP contribution in [0.1, 0.15) is 75.1 Å². The quantitative estimate of drug-likeness (QED) is 0.499. The molecule has 1 aromatic carbocycles. The largest absolute Gasteiger partial charge is 0.487 e. The molecule has 0 spiro atoms. The highest BCUT2D eigenvalue weighted by molar-refractivity contribution is 6.06. The minimum Gasteiger partial charge on any atom is -0.487 e. The zero-order valence-electron chi connectivity index (χ0n) is 20.7. The lowest BCUT2D eigenvalue weighted by Gasteiger charge is -2.32. The molecular weight excluding hydrogens is 438 g/mol. The summed E-state index contributed by atoms with van der Waals surface area (Å²) in [6.07, 6.45) is 0.889. The smallest absolute Gasteiger partial charge is 0.254 e. The van der Waals surface area contributed by atoms with E-state index in [4.69, 9.17) is 14.8 Å². The summed E-state index contributed by atoms with van der Waals surface area (Å²) in [6.45, 7) is 13.2. The number of aryl methyl sites for hydroxylation is 1. The van der Waals surface area contributed by atoms with E-state index in [1.165, 1.54) is 12.1 Å². The molecule has 1 fully saturated rings.